The van der Waals surface area contributed by atoms with Crippen LogP contribution < -0.4 is 0 Å². The molecule has 0 bridgehead atoms. The first-order valence-electron chi connectivity index (χ1n) is 11.3. The number of hydrogen-bond acceptors (Lipinski definition) is 4. The lowest BCUT2D eigenvalue weighted by Gasteiger charge is -2.56. The molecule has 0 unspecified atom stereocenters. The van der Waals surface area contributed by atoms with E-state index in [1.165, 1.54) is 5.57 Å². The molecule has 1 heterocycles. The van der Waals surface area contributed by atoms with Crippen LogP contribution in [0.5, 0.6) is 0 Å². The smallest absolute Gasteiger partial charge is 0.339 e. The van der Waals surface area contributed by atoms with Crippen molar-refractivity contribution >= 4 is 11.8 Å². The summed E-state index contributed by atoms with van der Waals surface area (Å²) in [5.41, 5.74) is 2.14. The van der Waals surface area contributed by atoms with E-state index in [1.807, 2.05) is 0 Å². The van der Waals surface area contributed by atoms with E-state index >= 15 is 0 Å². The van der Waals surface area contributed by atoms with Crippen LogP contribution in [0.4, 0.5) is 0 Å². The molecule has 5 rings (SSSR count). The third-order valence-electron chi connectivity index (χ3n) is 8.94. The fraction of sp³-hybridized carbons (Fsp3) is 0.640. The molecule has 0 aliphatic heterocycles. The molecule has 0 saturated heterocycles. The van der Waals surface area contributed by atoms with Crippen molar-refractivity contribution in [2.24, 2.45) is 28.6 Å². The predicted octanol–water partition coefficient (Wildman–Crippen LogP) is 5.14. The second-order valence-corrected chi connectivity index (χ2v) is 10.2. The van der Waals surface area contributed by atoms with Crippen molar-refractivity contribution in [2.45, 2.75) is 71.3 Å². The van der Waals surface area contributed by atoms with Gasteiger partial charge >= 0.3 is 5.97 Å². The van der Waals surface area contributed by atoms with Gasteiger partial charge in [0.1, 0.15) is 11.9 Å². The number of fused-ring (bicyclic) bond motifs is 5. The number of carbonyl (C=O) groups is 2. The first kappa shape index (κ1) is 19.0. The molecule has 1 aromatic rings. The van der Waals surface area contributed by atoms with Crippen molar-refractivity contribution in [2.75, 3.05) is 0 Å². The van der Waals surface area contributed by atoms with Gasteiger partial charge in [0.2, 0.25) is 0 Å². The number of esters is 1. The van der Waals surface area contributed by atoms with Gasteiger partial charge in [-0.25, -0.2) is 4.79 Å². The van der Waals surface area contributed by atoms with E-state index in [0.717, 1.165) is 51.4 Å². The standard InChI is InChI=1S/C25H31NO3/c1-24-11-9-18(29-23(28)16-4-3-13-26-15-16)14-17(24)5-6-19-20-7-8-22(27)25(20,2)12-10-21(19)24/h3-5,13,15,18-21H,6-12,14H2,1-2H3/t18-,19-,20-,21-,24-,25-/m0/s1. The molecular weight excluding hydrogens is 362 g/mol. The van der Waals surface area contributed by atoms with Crippen molar-refractivity contribution < 1.29 is 14.3 Å². The van der Waals surface area contributed by atoms with Crippen LogP contribution >= 0.6 is 0 Å². The molecule has 154 valence electrons. The predicted molar refractivity (Wildman–Crippen MR) is 110 cm³/mol. The number of ketones is 1. The Morgan fingerprint density at radius 3 is 2.72 bits per heavy atom. The third kappa shape index (κ3) is 2.90. The van der Waals surface area contributed by atoms with Crippen LogP contribution in [0.1, 0.15) is 75.6 Å². The average molecular weight is 394 g/mol. The van der Waals surface area contributed by atoms with Crippen LogP contribution in [0.25, 0.3) is 0 Å². The molecular formula is C25H31NO3. The Kier molecular flexibility index (Phi) is 4.45. The van der Waals surface area contributed by atoms with Gasteiger partial charge in [-0.15, -0.1) is 0 Å². The van der Waals surface area contributed by atoms with Gasteiger partial charge in [0.15, 0.2) is 0 Å². The number of rotatable bonds is 2. The SMILES string of the molecule is C[C@]12CC[C@H](OC(=O)c3cccnc3)CC1=CC[C@@H]1[C@@H]2CC[C@]2(C)C(=O)CC[C@@H]12. The number of Topliss-reactive ketones (excluding diaryl/α,β-unsaturated/α-hetero) is 1. The number of pyridine rings is 1. The van der Waals surface area contributed by atoms with E-state index in [-0.39, 0.29) is 22.9 Å². The van der Waals surface area contributed by atoms with Gasteiger partial charge in [0.05, 0.1) is 5.56 Å². The zero-order chi connectivity index (χ0) is 20.2. The maximum Gasteiger partial charge on any atom is 0.339 e. The number of hydrogen-bond donors (Lipinski definition) is 0. The minimum Gasteiger partial charge on any atom is -0.458 e. The van der Waals surface area contributed by atoms with Crippen LogP contribution in [-0.2, 0) is 9.53 Å². The fourth-order valence-corrected chi connectivity index (χ4v) is 7.20. The second kappa shape index (κ2) is 6.78. The van der Waals surface area contributed by atoms with Crippen LogP contribution in [0.2, 0.25) is 0 Å². The van der Waals surface area contributed by atoms with Crippen LogP contribution in [0.3, 0.4) is 0 Å². The van der Waals surface area contributed by atoms with Crippen LogP contribution in [0.15, 0.2) is 36.2 Å². The summed E-state index contributed by atoms with van der Waals surface area (Å²) >= 11 is 0. The van der Waals surface area contributed by atoms with Gasteiger partial charge in [-0.05, 0) is 73.8 Å². The summed E-state index contributed by atoms with van der Waals surface area (Å²) in [5.74, 6) is 2.11. The number of ether oxygens (including phenoxy) is 1. The maximum absolute atomic E-state index is 12.6. The Balaban J connectivity index is 1.33. The highest BCUT2D eigenvalue weighted by atomic mass is 16.5. The highest BCUT2D eigenvalue weighted by Gasteiger charge is 2.58. The lowest BCUT2D eigenvalue weighted by molar-refractivity contribution is -0.132. The van der Waals surface area contributed by atoms with E-state index in [1.54, 1.807) is 24.5 Å². The molecule has 6 atom stereocenters. The first-order chi connectivity index (χ1) is 13.9. The average Bonchev–Trinajstić information content (AvgIpc) is 3.03. The van der Waals surface area contributed by atoms with Crippen molar-refractivity contribution in [1.29, 1.82) is 0 Å². The van der Waals surface area contributed by atoms with E-state index in [2.05, 4.69) is 24.9 Å². The first-order valence-corrected chi connectivity index (χ1v) is 11.3. The number of aromatic nitrogens is 1. The maximum atomic E-state index is 12.6. The van der Waals surface area contributed by atoms with Crippen molar-refractivity contribution in [3.8, 4) is 0 Å². The summed E-state index contributed by atoms with van der Waals surface area (Å²) in [6.45, 7) is 4.67. The highest BCUT2D eigenvalue weighted by molar-refractivity contribution is 5.89. The van der Waals surface area contributed by atoms with Gasteiger partial charge in [0, 0.05) is 30.7 Å². The monoisotopic (exact) mass is 393 g/mol. The van der Waals surface area contributed by atoms with Gasteiger partial charge in [-0.3, -0.25) is 9.78 Å². The molecule has 4 nitrogen and oxygen atoms in total. The van der Waals surface area contributed by atoms with Gasteiger partial charge in [-0.1, -0.05) is 25.5 Å². The van der Waals surface area contributed by atoms with Gasteiger partial charge in [0.25, 0.3) is 0 Å². The molecule has 3 fully saturated rings. The summed E-state index contributed by atoms with van der Waals surface area (Å²) in [7, 11) is 0. The minimum absolute atomic E-state index is 0.0412. The van der Waals surface area contributed by atoms with Crippen LogP contribution in [0, 0.1) is 28.6 Å². The Morgan fingerprint density at radius 2 is 1.93 bits per heavy atom. The summed E-state index contributed by atoms with van der Waals surface area (Å²) in [6, 6.07) is 3.53. The van der Waals surface area contributed by atoms with Gasteiger partial charge < -0.3 is 4.74 Å². The molecule has 0 N–H and O–H groups in total. The second-order valence-electron chi connectivity index (χ2n) is 10.2. The molecule has 0 radical (unpaired) electrons. The van der Waals surface area contributed by atoms with Crippen molar-refractivity contribution in [1.82, 2.24) is 4.98 Å². The molecule has 0 spiro atoms. The highest BCUT2D eigenvalue weighted by Crippen LogP contribution is 2.64. The van der Waals surface area contributed by atoms with E-state index in [4.69, 9.17) is 4.74 Å². The Morgan fingerprint density at radius 1 is 1.14 bits per heavy atom. The summed E-state index contributed by atoms with van der Waals surface area (Å²) in [5, 5.41) is 0. The summed E-state index contributed by atoms with van der Waals surface area (Å²) in [4.78, 5) is 29.0. The van der Waals surface area contributed by atoms with Gasteiger partial charge in [-0.2, -0.15) is 0 Å². The topological polar surface area (TPSA) is 56.3 Å². The Labute approximate surface area is 173 Å². The zero-order valence-corrected chi connectivity index (χ0v) is 17.5. The quantitative estimate of drug-likeness (QED) is 0.516. The molecule has 0 aromatic carbocycles. The minimum atomic E-state index is -0.265. The molecule has 4 aliphatic carbocycles. The molecule has 4 aliphatic rings. The lowest BCUT2D eigenvalue weighted by atomic mass is 9.48. The van der Waals surface area contributed by atoms with E-state index in [9.17, 15) is 9.59 Å². The summed E-state index contributed by atoms with van der Waals surface area (Å²) < 4.78 is 5.84. The third-order valence-corrected chi connectivity index (χ3v) is 8.94. The van der Waals surface area contributed by atoms with Crippen LogP contribution in [-0.4, -0.2) is 22.8 Å². The van der Waals surface area contributed by atoms with E-state index < -0.39 is 0 Å². The summed E-state index contributed by atoms with van der Waals surface area (Å²) in [6.07, 6.45) is 13.7. The van der Waals surface area contributed by atoms with E-state index in [0.29, 0.717) is 29.1 Å². The Bertz CT molecular complexity index is 862. The van der Waals surface area contributed by atoms with Crippen molar-refractivity contribution in [3.05, 3.63) is 41.7 Å². The largest absolute Gasteiger partial charge is 0.458 e. The van der Waals surface area contributed by atoms with Crippen molar-refractivity contribution in [3.63, 3.8) is 0 Å². The Hall–Kier alpha value is -1.97. The molecule has 4 heteroatoms. The number of carbonyl (C=O) groups excluding carboxylic acids is 2. The normalized spacial score (nSPS) is 41.0. The number of allylic oxidation sites excluding steroid dienone is 1. The lowest BCUT2D eigenvalue weighted by Crippen LogP contribution is -2.50. The molecule has 29 heavy (non-hydrogen) atoms. The zero-order valence-electron chi connectivity index (χ0n) is 17.5. The fourth-order valence-electron chi connectivity index (χ4n) is 7.20. The molecule has 1 aromatic heterocycles. The molecule has 3 saturated carbocycles. The molecule has 0 amide bonds. The number of nitrogens with zero attached hydrogens (tertiary/aromatic N) is 1.